The zero-order valence-corrected chi connectivity index (χ0v) is 13.6. The van der Waals surface area contributed by atoms with Crippen LogP contribution >= 0.6 is 31.9 Å². The van der Waals surface area contributed by atoms with Crippen LogP contribution in [0.25, 0.3) is 6.08 Å². The van der Waals surface area contributed by atoms with E-state index in [4.69, 9.17) is 4.74 Å². The van der Waals surface area contributed by atoms with Gasteiger partial charge in [-0.15, -0.1) is 0 Å². The topological polar surface area (TPSA) is 21.3 Å². The van der Waals surface area contributed by atoms with E-state index in [-0.39, 0.29) is 0 Å². The van der Waals surface area contributed by atoms with Crippen LogP contribution in [0.4, 0.5) is 0 Å². The van der Waals surface area contributed by atoms with Crippen molar-refractivity contribution in [2.75, 3.05) is 13.2 Å². The summed E-state index contributed by atoms with van der Waals surface area (Å²) in [6, 6.07) is 4.90. The lowest BCUT2D eigenvalue weighted by atomic mass is 10.2. The summed E-state index contributed by atoms with van der Waals surface area (Å²) < 4.78 is 7.52. The molecule has 0 radical (unpaired) electrons. The summed E-state index contributed by atoms with van der Waals surface area (Å²) in [5.74, 6) is 0.866. The van der Waals surface area contributed by atoms with E-state index in [1.807, 2.05) is 6.92 Å². The molecule has 0 atom stereocenters. The van der Waals surface area contributed by atoms with Crippen molar-refractivity contribution in [3.63, 3.8) is 0 Å². The number of halogens is 2. The smallest absolute Gasteiger partial charge is 0.147 e. The zero-order valence-electron chi connectivity index (χ0n) is 10.4. The molecule has 0 heterocycles. The summed E-state index contributed by atoms with van der Waals surface area (Å²) >= 11 is 7.07. The molecule has 1 fully saturated rings. The molecule has 1 aliphatic rings. The molecular weight excluding hydrogens is 358 g/mol. The standard InChI is InChI=1S/C14H17Br2NO/c1-2-18-14-12(15)8-10(9-13(14)16)4-3-7-17-11-5-6-11/h3-4,8-9,11,17H,2,5-7H2,1H3. The Hall–Kier alpha value is -0.320. The van der Waals surface area contributed by atoms with Gasteiger partial charge in [0.05, 0.1) is 15.6 Å². The largest absolute Gasteiger partial charge is 0.492 e. The van der Waals surface area contributed by atoms with Gasteiger partial charge in [-0.1, -0.05) is 12.2 Å². The molecule has 1 saturated carbocycles. The minimum atomic E-state index is 0.664. The summed E-state index contributed by atoms with van der Waals surface area (Å²) in [5, 5.41) is 3.45. The number of nitrogens with one attached hydrogen (secondary N) is 1. The molecule has 0 saturated heterocycles. The van der Waals surface area contributed by atoms with Gasteiger partial charge in [-0.05, 0) is 69.3 Å². The Balaban J connectivity index is 1.99. The van der Waals surface area contributed by atoms with Crippen molar-refractivity contribution >= 4 is 37.9 Å². The monoisotopic (exact) mass is 373 g/mol. The lowest BCUT2D eigenvalue weighted by Crippen LogP contribution is -2.15. The van der Waals surface area contributed by atoms with Gasteiger partial charge < -0.3 is 10.1 Å². The quantitative estimate of drug-likeness (QED) is 0.797. The maximum atomic E-state index is 5.56. The average molecular weight is 375 g/mol. The van der Waals surface area contributed by atoms with E-state index in [0.29, 0.717) is 6.61 Å². The maximum Gasteiger partial charge on any atom is 0.147 e. The Labute approximate surface area is 125 Å². The zero-order chi connectivity index (χ0) is 13.0. The summed E-state index contributed by atoms with van der Waals surface area (Å²) in [6.07, 6.45) is 6.94. The Morgan fingerprint density at radius 1 is 1.33 bits per heavy atom. The van der Waals surface area contributed by atoms with Crippen molar-refractivity contribution in [2.24, 2.45) is 0 Å². The Bertz CT molecular complexity index is 418. The third-order valence-electron chi connectivity index (χ3n) is 2.72. The minimum absolute atomic E-state index is 0.664. The summed E-state index contributed by atoms with van der Waals surface area (Å²) in [7, 11) is 0. The van der Waals surface area contributed by atoms with Crippen LogP contribution in [0, 0.1) is 0 Å². The molecule has 0 spiro atoms. The lowest BCUT2D eigenvalue weighted by Gasteiger charge is -2.09. The van der Waals surface area contributed by atoms with Crippen molar-refractivity contribution in [1.82, 2.24) is 5.32 Å². The highest BCUT2D eigenvalue weighted by Crippen LogP contribution is 2.35. The second-order valence-electron chi connectivity index (χ2n) is 4.33. The fourth-order valence-corrected chi connectivity index (χ4v) is 3.13. The van der Waals surface area contributed by atoms with Crippen LogP contribution < -0.4 is 10.1 Å². The van der Waals surface area contributed by atoms with E-state index in [2.05, 4.69) is 61.5 Å². The molecule has 98 valence electrons. The van der Waals surface area contributed by atoms with Crippen LogP contribution in [0.15, 0.2) is 27.2 Å². The molecule has 0 bridgehead atoms. The SMILES string of the molecule is CCOc1c(Br)cc(C=CCNC2CC2)cc1Br. The van der Waals surface area contributed by atoms with Gasteiger partial charge in [0, 0.05) is 12.6 Å². The van der Waals surface area contributed by atoms with Crippen molar-refractivity contribution in [2.45, 2.75) is 25.8 Å². The summed E-state index contributed by atoms with van der Waals surface area (Å²) in [4.78, 5) is 0. The van der Waals surface area contributed by atoms with Crippen molar-refractivity contribution in [3.05, 3.63) is 32.7 Å². The predicted octanol–water partition coefficient (Wildman–Crippen LogP) is 4.38. The first kappa shape index (κ1) is 14.1. The van der Waals surface area contributed by atoms with Gasteiger partial charge in [-0.3, -0.25) is 0 Å². The highest BCUT2D eigenvalue weighted by atomic mass is 79.9. The van der Waals surface area contributed by atoms with Crippen LogP contribution in [0.3, 0.4) is 0 Å². The molecule has 0 unspecified atom stereocenters. The van der Waals surface area contributed by atoms with E-state index >= 15 is 0 Å². The van der Waals surface area contributed by atoms with Crippen molar-refractivity contribution in [1.29, 1.82) is 0 Å². The Kier molecular flexibility index (Phi) is 5.27. The van der Waals surface area contributed by atoms with Crippen LogP contribution in [-0.2, 0) is 0 Å². The van der Waals surface area contributed by atoms with Crippen molar-refractivity contribution < 1.29 is 4.74 Å². The second kappa shape index (κ2) is 6.73. The number of ether oxygens (including phenoxy) is 1. The molecule has 0 aliphatic heterocycles. The van der Waals surface area contributed by atoms with Gasteiger partial charge in [0.1, 0.15) is 5.75 Å². The van der Waals surface area contributed by atoms with Crippen LogP contribution in [0.2, 0.25) is 0 Å². The third-order valence-corrected chi connectivity index (χ3v) is 3.90. The molecule has 18 heavy (non-hydrogen) atoms. The molecule has 1 N–H and O–H groups in total. The fourth-order valence-electron chi connectivity index (χ4n) is 1.68. The highest BCUT2D eigenvalue weighted by Gasteiger charge is 2.18. The first-order chi connectivity index (χ1) is 8.70. The van der Waals surface area contributed by atoms with Gasteiger partial charge in [-0.2, -0.15) is 0 Å². The van der Waals surface area contributed by atoms with E-state index in [1.54, 1.807) is 0 Å². The molecule has 2 rings (SSSR count). The third kappa shape index (κ3) is 4.11. The van der Waals surface area contributed by atoms with Crippen molar-refractivity contribution in [3.8, 4) is 5.75 Å². The highest BCUT2D eigenvalue weighted by molar-refractivity contribution is 9.11. The van der Waals surface area contributed by atoms with E-state index in [0.717, 1.165) is 32.8 Å². The molecule has 1 aromatic carbocycles. The number of benzene rings is 1. The van der Waals surface area contributed by atoms with Gasteiger partial charge in [0.2, 0.25) is 0 Å². The van der Waals surface area contributed by atoms with Gasteiger partial charge in [0.15, 0.2) is 0 Å². The van der Waals surface area contributed by atoms with Crippen LogP contribution in [0.1, 0.15) is 25.3 Å². The second-order valence-corrected chi connectivity index (χ2v) is 6.04. The minimum Gasteiger partial charge on any atom is -0.492 e. The molecule has 2 nitrogen and oxygen atoms in total. The maximum absolute atomic E-state index is 5.56. The van der Waals surface area contributed by atoms with E-state index in [1.165, 1.54) is 12.8 Å². The van der Waals surface area contributed by atoms with Crippen LogP contribution in [0.5, 0.6) is 5.75 Å². The van der Waals surface area contributed by atoms with E-state index < -0.39 is 0 Å². The van der Waals surface area contributed by atoms with Gasteiger partial charge in [0.25, 0.3) is 0 Å². The van der Waals surface area contributed by atoms with Gasteiger partial charge in [-0.25, -0.2) is 0 Å². The lowest BCUT2D eigenvalue weighted by molar-refractivity contribution is 0.336. The molecule has 4 heteroatoms. The first-order valence-electron chi connectivity index (χ1n) is 6.22. The molecule has 0 amide bonds. The predicted molar refractivity (Wildman–Crippen MR) is 83.1 cm³/mol. The first-order valence-corrected chi connectivity index (χ1v) is 7.81. The molecule has 1 aliphatic carbocycles. The average Bonchev–Trinajstić information content (AvgIpc) is 3.13. The summed E-state index contributed by atoms with van der Waals surface area (Å²) in [5.41, 5.74) is 1.16. The Morgan fingerprint density at radius 3 is 2.56 bits per heavy atom. The molecular formula is C14H17Br2NO. The number of hydrogen-bond donors (Lipinski definition) is 1. The van der Waals surface area contributed by atoms with E-state index in [9.17, 15) is 0 Å². The fraction of sp³-hybridized carbons (Fsp3) is 0.429. The molecule has 1 aromatic rings. The Morgan fingerprint density at radius 2 is 2.00 bits per heavy atom. The van der Waals surface area contributed by atoms with Gasteiger partial charge >= 0.3 is 0 Å². The molecule has 0 aromatic heterocycles. The van der Waals surface area contributed by atoms with Crippen LogP contribution in [-0.4, -0.2) is 19.2 Å². The number of hydrogen-bond acceptors (Lipinski definition) is 2. The summed E-state index contributed by atoms with van der Waals surface area (Å²) in [6.45, 7) is 3.58. The number of rotatable bonds is 6. The normalized spacial score (nSPS) is 15.3.